The lowest BCUT2D eigenvalue weighted by Gasteiger charge is -2.21. The summed E-state index contributed by atoms with van der Waals surface area (Å²) in [4.78, 5) is 2.30. The summed E-state index contributed by atoms with van der Waals surface area (Å²) in [6, 6.07) is 0.888. The van der Waals surface area contributed by atoms with Crippen LogP contribution in [-0.2, 0) is 0 Å². The van der Waals surface area contributed by atoms with Crippen molar-refractivity contribution in [3.05, 3.63) is 0 Å². The van der Waals surface area contributed by atoms with Gasteiger partial charge in [-0.1, -0.05) is 13.8 Å². The van der Waals surface area contributed by atoms with E-state index < -0.39 is 0 Å². The van der Waals surface area contributed by atoms with Gasteiger partial charge in [0.2, 0.25) is 0 Å². The van der Waals surface area contributed by atoms with E-state index in [4.69, 9.17) is 0 Å². The van der Waals surface area contributed by atoms with Crippen molar-refractivity contribution in [3.63, 3.8) is 0 Å². The molecule has 3 nitrogen and oxygen atoms in total. The Morgan fingerprint density at radius 1 is 1.43 bits per heavy atom. The van der Waals surface area contributed by atoms with Gasteiger partial charge in [-0.15, -0.1) is 0 Å². The Balaban J connectivity index is 2.49. The molecule has 1 aliphatic rings. The first-order valence-corrected chi connectivity index (χ1v) is 5.85. The zero-order valence-electron chi connectivity index (χ0n) is 9.27. The van der Waals surface area contributed by atoms with Crippen LogP contribution in [0, 0.1) is 5.92 Å². The van der Waals surface area contributed by atoms with Gasteiger partial charge in [-0.25, -0.2) is 0 Å². The number of rotatable bonds is 4. The van der Waals surface area contributed by atoms with E-state index >= 15 is 0 Å². The Labute approximate surface area is 92.3 Å². The van der Waals surface area contributed by atoms with Crippen molar-refractivity contribution in [2.75, 3.05) is 19.7 Å². The van der Waals surface area contributed by atoms with Crippen molar-refractivity contribution in [2.45, 2.75) is 38.2 Å². The zero-order valence-corrected chi connectivity index (χ0v) is 10.2. The summed E-state index contributed by atoms with van der Waals surface area (Å²) in [7, 11) is 0. The maximum absolute atomic E-state index is 9.26. The number of thiol groups is 1. The summed E-state index contributed by atoms with van der Waals surface area (Å²) >= 11 is 4.42. The lowest BCUT2D eigenvalue weighted by Crippen LogP contribution is -2.41. The third-order valence-electron chi connectivity index (χ3n) is 2.78. The van der Waals surface area contributed by atoms with E-state index in [9.17, 15) is 5.11 Å². The molecule has 0 saturated carbocycles. The Morgan fingerprint density at radius 2 is 2.07 bits per heavy atom. The van der Waals surface area contributed by atoms with Crippen LogP contribution in [0.15, 0.2) is 0 Å². The lowest BCUT2D eigenvalue weighted by molar-refractivity contribution is 0.205. The van der Waals surface area contributed by atoms with E-state index in [1.807, 2.05) is 0 Å². The first kappa shape index (κ1) is 12.3. The Hall–Kier alpha value is 0.230. The molecule has 3 atom stereocenters. The largest absolute Gasteiger partial charge is 0.396 e. The number of hydrogen-bond acceptors (Lipinski definition) is 4. The van der Waals surface area contributed by atoms with E-state index in [2.05, 4.69) is 43.6 Å². The van der Waals surface area contributed by atoms with Crippen molar-refractivity contribution >= 4 is 12.6 Å². The van der Waals surface area contributed by atoms with Crippen LogP contribution in [0.4, 0.5) is 0 Å². The Morgan fingerprint density at radius 3 is 2.50 bits per heavy atom. The monoisotopic (exact) mass is 218 g/mol. The standard InChI is InChI=1S/C10H22N2OS/c1-7(2)11-10-5-12(8(3)14)4-9(10)6-13/h7-11,13-14H,4-6H2,1-3H3/t8?,9-,10-/m0/s1. The highest BCUT2D eigenvalue weighted by Crippen LogP contribution is 2.20. The van der Waals surface area contributed by atoms with Gasteiger partial charge in [0, 0.05) is 43.1 Å². The maximum Gasteiger partial charge on any atom is 0.0500 e. The fourth-order valence-corrected chi connectivity index (χ4v) is 2.20. The topological polar surface area (TPSA) is 35.5 Å². The van der Waals surface area contributed by atoms with Gasteiger partial charge in [0.1, 0.15) is 0 Å². The van der Waals surface area contributed by atoms with Crippen molar-refractivity contribution in [1.29, 1.82) is 0 Å². The van der Waals surface area contributed by atoms with Crippen molar-refractivity contribution < 1.29 is 5.11 Å². The molecular formula is C10H22N2OS. The first-order chi connectivity index (χ1) is 6.54. The molecule has 0 aromatic heterocycles. The molecule has 0 aromatic rings. The van der Waals surface area contributed by atoms with Crippen LogP contribution in [0.2, 0.25) is 0 Å². The van der Waals surface area contributed by atoms with Crippen LogP contribution in [0.1, 0.15) is 20.8 Å². The predicted octanol–water partition coefficient (Wildman–Crippen LogP) is 0.553. The molecule has 84 valence electrons. The molecule has 1 unspecified atom stereocenters. The number of hydrogen-bond donors (Lipinski definition) is 3. The third-order valence-corrected chi connectivity index (χ3v) is 3.11. The smallest absolute Gasteiger partial charge is 0.0500 e. The average Bonchev–Trinajstić information content (AvgIpc) is 2.46. The molecule has 14 heavy (non-hydrogen) atoms. The molecule has 0 radical (unpaired) electrons. The minimum atomic E-state index is 0.265. The fraction of sp³-hybridized carbons (Fsp3) is 1.00. The second-order valence-corrected chi connectivity index (χ2v) is 5.20. The summed E-state index contributed by atoms with van der Waals surface area (Å²) in [5.41, 5.74) is 0. The van der Waals surface area contributed by atoms with Gasteiger partial charge in [0.25, 0.3) is 0 Å². The molecule has 1 heterocycles. The van der Waals surface area contributed by atoms with Gasteiger partial charge in [-0.05, 0) is 6.92 Å². The molecular weight excluding hydrogens is 196 g/mol. The number of likely N-dealkylation sites (tertiary alicyclic amines) is 1. The molecule has 0 spiro atoms. The number of aliphatic hydroxyl groups excluding tert-OH is 1. The van der Waals surface area contributed by atoms with Crippen LogP contribution >= 0.6 is 12.6 Å². The summed E-state index contributed by atoms with van der Waals surface area (Å²) in [6.07, 6.45) is 0. The van der Waals surface area contributed by atoms with E-state index in [0.29, 0.717) is 18.0 Å². The molecule has 4 heteroatoms. The summed E-state index contributed by atoms with van der Waals surface area (Å²) in [5, 5.41) is 13.0. The molecule has 1 saturated heterocycles. The molecule has 0 aliphatic carbocycles. The molecule has 2 N–H and O–H groups in total. The van der Waals surface area contributed by atoms with Crippen molar-refractivity contribution in [2.24, 2.45) is 5.92 Å². The summed E-state index contributed by atoms with van der Waals surface area (Å²) in [6.45, 7) is 8.57. The maximum atomic E-state index is 9.26. The lowest BCUT2D eigenvalue weighted by atomic mass is 10.0. The minimum Gasteiger partial charge on any atom is -0.396 e. The van der Waals surface area contributed by atoms with Gasteiger partial charge in [0.15, 0.2) is 0 Å². The molecule has 0 bridgehead atoms. The Bertz CT molecular complexity index is 176. The van der Waals surface area contributed by atoms with Crippen molar-refractivity contribution in [1.82, 2.24) is 10.2 Å². The predicted molar refractivity (Wildman–Crippen MR) is 62.7 cm³/mol. The van der Waals surface area contributed by atoms with Crippen LogP contribution in [0.3, 0.4) is 0 Å². The van der Waals surface area contributed by atoms with E-state index in [1.165, 1.54) is 0 Å². The van der Waals surface area contributed by atoms with Gasteiger partial charge >= 0.3 is 0 Å². The fourth-order valence-electron chi connectivity index (χ4n) is 2.01. The van der Waals surface area contributed by atoms with E-state index in [0.717, 1.165) is 13.1 Å². The molecule has 1 fully saturated rings. The second kappa shape index (κ2) is 5.35. The SMILES string of the molecule is CC(C)N[C@H]1CN(C(C)S)C[C@H]1CO. The normalized spacial score (nSPS) is 31.3. The summed E-state index contributed by atoms with van der Waals surface area (Å²) in [5.74, 6) is 0.354. The Kier molecular flexibility index (Phi) is 4.70. The quantitative estimate of drug-likeness (QED) is 0.603. The zero-order chi connectivity index (χ0) is 10.7. The second-order valence-electron chi connectivity index (χ2n) is 4.46. The van der Waals surface area contributed by atoms with Crippen molar-refractivity contribution in [3.8, 4) is 0 Å². The van der Waals surface area contributed by atoms with Crippen LogP contribution in [-0.4, -0.2) is 47.2 Å². The van der Waals surface area contributed by atoms with Gasteiger partial charge in [-0.2, -0.15) is 12.6 Å². The highest BCUT2D eigenvalue weighted by molar-refractivity contribution is 7.80. The molecule has 0 amide bonds. The van der Waals surface area contributed by atoms with Gasteiger partial charge in [-0.3, -0.25) is 4.90 Å². The van der Waals surface area contributed by atoms with Gasteiger partial charge in [0.05, 0.1) is 0 Å². The molecule has 0 aromatic carbocycles. The van der Waals surface area contributed by atoms with Gasteiger partial charge < -0.3 is 10.4 Å². The minimum absolute atomic E-state index is 0.265. The first-order valence-electron chi connectivity index (χ1n) is 5.33. The van der Waals surface area contributed by atoms with E-state index in [1.54, 1.807) is 0 Å². The highest BCUT2D eigenvalue weighted by Gasteiger charge is 2.33. The number of nitrogens with one attached hydrogen (secondary N) is 1. The number of aliphatic hydroxyl groups is 1. The average molecular weight is 218 g/mol. The van der Waals surface area contributed by atoms with Crippen LogP contribution < -0.4 is 5.32 Å². The third kappa shape index (κ3) is 3.12. The van der Waals surface area contributed by atoms with Crippen LogP contribution in [0.25, 0.3) is 0 Å². The van der Waals surface area contributed by atoms with E-state index in [-0.39, 0.29) is 12.0 Å². The van der Waals surface area contributed by atoms with Crippen LogP contribution in [0.5, 0.6) is 0 Å². The highest BCUT2D eigenvalue weighted by atomic mass is 32.1. The number of nitrogens with zero attached hydrogens (tertiary/aromatic N) is 1. The summed E-state index contributed by atoms with van der Waals surface area (Å²) < 4.78 is 0. The molecule has 1 rings (SSSR count). The molecule has 1 aliphatic heterocycles.